The molecule has 2 aromatic rings. The van der Waals surface area contributed by atoms with Gasteiger partial charge in [-0.1, -0.05) is 0 Å². The number of ether oxygens (including phenoxy) is 2. The molecular formula is C13H13BrO4S. The molecule has 0 saturated carbocycles. The number of esters is 1. The van der Waals surface area contributed by atoms with E-state index in [0.29, 0.717) is 40.4 Å². The highest BCUT2D eigenvalue weighted by molar-refractivity contribution is 9.10. The van der Waals surface area contributed by atoms with E-state index < -0.39 is 5.97 Å². The van der Waals surface area contributed by atoms with Gasteiger partial charge in [-0.05, 0) is 35.0 Å². The number of carbonyl (C=O) groups excluding carboxylic acids is 1. The van der Waals surface area contributed by atoms with Gasteiger partial charge < -0.3 is 13.9 Å². The van der Waals surface area contributed by atoms with Crippen LogP contribution < -0.4 is 4.74 Å². The van der Waals surface area contributed by atoms with Gasteiger partial charge in [0.05, 0.1) is 18.2 Å². The molecule has 0 atom stereocenters. The van der Waals surface area contributed by atoms with Crippen LogP contribution in [0.15, 0.2) is 21.0 Å². The average Bonchev–Trinajstić information content (AvgIpc) is 2.75. The zero-order chi connectivity index (χ0) is 14.0. The van der Waals surface area contributed by atoms with Crippen molar-refractivity contribution in [3.05, 3.63) is 27.9 Å². The van der Waals surface area contributed by atoms with E-state index in [1.165, 1.54) is 0 Å². The Bertz CT molecular complexity index is 621. The Morgan fingerprint density at radius 2 is 2.21 bits per heavy atom. The second kappa shape index (κ2) is 5.88. The first-order valence-electron chi connectivity index (χ1n) is 5.69. The van der Waals surface area contributed by atoms with E-state index in [2.05, 4.69) is 28.6 Å². The van der Waals surface area contributed by atoms with Gasteiger partial charge in [-0.3, -0.25) is 0 Å². The fourth-order valence-electron chi connectivity index (χ4n) is 1.84. The third-order valence-corrected chi connectivity index (χ3v) is 3.57. The highest BCUT2D eigenvalue weighted by Crippen LogP contribution is 2.35. The van der Waals surface area contributed by atoms with Crippen LogP contribution in [0.25, 0.3) is 11.0 Å². The normalized spacial score (nSPS) is 10.7. The molecule has 0 bridgehead atoms. The lowest BCUT2D eigenvalue weighted by atomic mass is 10.1. The van der Waals surface area contributed by atoms with Crippen molar-refractivity contribution in [2.24, 2.45) is 0 Å². The molecule has 6 heteroatoms. The summed E-state index contributed by atoms with van der Waals surface area (Å²) < 4.78 is 16.7. The van der Waals surface area contributed by atoms with Gasteiger partial charge in [0.25, 0.3) is 0 Å². The SMILES string of the molecule is CCOC(=O)c1c(CS)oc2cc(Br)c(OC)cc12. The van der Waals surface area contributed by atoms with Crippen LogP contribution >= 0.6 is 28.6 Å². The second-order valence-corrected chi connectivity index (χ2v) is 4.93. The Morgan fingerprint density at radius 1 is 1.47 bits per heavy atom. The van der Waals surface area contributed by atoms with Gasteiger partial charge in [0.2, 0.25) is 0 Å². The molecule has 0 unspecified atom stereocenters. The Balaban J connectivity index is 2.68. The Hall–Kier alpha value is -1.14. The van der Waals surface area contributed by atoms with Gasteiger partial charge >= 0.3 is 5.97 Å². The number of furan rings is 1. The van der Waals surface area contributed by atoms with Crippen molar-refractivity contribution in [2.75, 3.05) is 13.7 Å². The predicted octanol–water partition coefficient (Wildman–Crippen LogP) is 3.81. The van der Waals surface area contributed by atoms with Crippen molar-refractivity contribution in [3.63, 3.8) is 0 Å². The first-order valence-corrected chi connectivity index (χ1v) is 7.11. The van der Waals surface area contributed by atoms with Crippen LogP contribution in [0.5, 0.6) is 5.75 Å². The molecule has 19 heavy (non-hydrogen) atoms. The molecule has 1 aromatic carbocycles. The van der Waals surface area contributed by atoms with Crippen LogP contribution in [0.2, 0.25) is 0 Å². The van der Waals surface area contributed by atoms with Crippen molar-refractivity contribution in [2.45, 2.75) is 12.7 Å². The van der Waals surface area contributed by atoms with E-state index in [1.54, 1.807) is 26.2 Å². The van der Waals surface area contributed by atoms with Gasteiger partial charge in [-0.25, -0.2) is 4.79 Å². The van der Waals surface area contributed by atoms with E-state index in [1.807, 2.05) is 0 Å². The molecule has 0 N–H and O–H groups in total. The van der Waals surface area contributed by atoms with Crippen LogP contribution in [0.4, 0.5) is 0 Å². The number of fused-ring (bicyclic) bond motifs is 1. The summed E-state index contributed by atoms with van der Waals surface area (Å²) in [5.74, 6) is 1.04. The molecule has 0 aliphatic carbocycles. The minimum absolute atomic E-state index is 0.311. The maximum atomic E-state index is 12.0. The summed E-state index contributed by atoms with van der Waals surface area (Å²) >= 11 is 7.56. The Kier molecular flexibility index (Phi) is 4.42. The summed E-state index contributed by atoms with van der Waals surface area (Å²) in [4.78, 5) is 12.0. The fraction of sp³-hybridized carbons (Fsp3) is 0.308. The first kappa shape index (κ1) is 14.3. The number of thiol groups is 1. The lowest BCUT2D eigenvalue weighted by Gasteiger charge is -2.04. The molecule has 1 aromatic heterocycles. The lowest BCUT2D eigenvalue weighted by molar-refractivity contribution is 0.0526. The van der Waals surface area contributed by atoms with Crippen molar-refractivity contribution in [1.82, 2.24) is 0 Å². The molecule has 0 spiro atoms. The number of halogens is 1. The molecule has 1 heterocycles. The molecular weight excluding hydrogens is 332 g/mol. The monoisotopic (exact) mass is 344 g/mol. The Morgan fingerprint density at radius 3 is 2.79 bits per heavy atom. The van der Waals surface area contributed by atoms with Crippen molar-refractivity contribution >= 4 is 45.5 Å². The number of rotatable bonds is 4. The van der Waals surface area contributed by atoms with E-state index in [4.69, 9.17) is 13.9 Å². The maximum Gasteiger partial charge on any atom is 0.342 e. The molecule has 2 rings (SSSR count). The number of hydrogen-bond acceptors (Lipinski definition) is 5. The molecule has 0 radical (unpaired) electrons. The smallest absolute Gasteiger partial charge is 0.342 e. The Labute approximate surface area is 124 Å². The summed E-state index contributed by atoms with van der Waals surface area (Å²) in [7, 11) is 1.57. The lowest BCUT2D eigenvalue weighted by Crippen LogP contribution is -2.06. The standard InChI is InChI=1S/C13H13BrO4S/c1-3-17-13(15)12-7-4-10(16-2)8(14)5-9(7)18-11(12)6-19/h4-5,19H,3,6H2,1-2H3. The highest BCUT2D eigenvalue weighted by atomic mass is 79.9. The van der Waals surface area contributed by atoms with E-state index in [9.17, 15) is 4.79 Å². The zero-order valence-electron chi connectivity index (χ0n) is 10.5. The van der Waals surface area contributed by atoms with E-state index in [0.717, 1.165) is 4.47 Å². The van der Waals surface area contributed by atoms with Gasteiger partial charge in [0.15, 0.2) is 0 Å². The minimum Gasteiger partial charge on any atom is -0.496 e. The topological polar surface area (TPSA) is 48.7 Å². The van der Waals surface area contributed by atoms with Crippen LogP contribution in [0.1, 0.15) is 23.0 Å². The minimum atomic E-state index is -0.408. The molecule has 0 fully saturated rings. The van der Waals surface area contributed by atoms with Crippen LogP contribution in [0, 0.1) is 0 Å². The molecule has 4 nitrogen and oxygen atoms in total. The average molecular weight is 345 g/mol. The third-order valence-electron chi connectivity index (χ3n) is 2.66. The van der Waals surface area contributed by atoms with Gasteiger partial charge in [0, 0.05) is 11.1 Å². The summed E-state index contributed by atoms with van der Waals surface area (Å²) in [5.41, 5.74) is 1.01. The van der Waals surface area contributed by atoms with Crippen molar-refractivity contribution in [3.8, 4) is 5.75 Å². The number of methoxy groups -OCH3 is 1. The van der Waals surface area contributed by atoms with Crippen LogP contribution in [-0.2, 0) is 10.5 Å². The van der Waals surface area contributed by atoms with Crippen LogP contribution in [0.3, 0.4) is 0 Å². The second-order valence-electron chi connectivity index (χ2n) is 3.76. The fourth-order valence-corrected chi connectivity index (χ4v) is 2.55. The summed E-state index contributed by atoms with van der Waals surface area (Å²) in [6.45, 7) is 2.07. The van der Waals surface area contributed by atoms with Gasteiger partial charge in [0.1, 0.15) is 22.7 Å². The maximum absolute atomic E-state index is 12.0. The quantitative estimate of drug-likeness (QED) is 0.676. The first-order chi connectivity index (χ1) is 9.12. The van der Waals surface area contributed by atoms with Gasteiger partial charge in [-0.2, -0.15) is 12.6 Å². The summed E-state index contributed by atoms with van der Waals surface area (Å²) in [6, 6.07) is 3.52. The van der Waals surface area contributed by atoms with E-state index >= 15 is 0 Å². The largest absolute Gasteiger partial charge is 0.496 e. The number of hydrogen-bond donors (Lipinski definition) is 1. The predicted molar refractivity (Wildman–Crippen MR) is 79.1 cm³/mol. The molecule has 0 amide bonds. The molecule has 0 aliphatic rings. The van der Waals surface area contributed by atoms with Crippen molar-refractivity contribution < 1.29 is 18.7 Å². The molecule has 102 valence electrons. The van der Waals surface area contributed by atoms with Crippen molar-refractivity contribution in [1.29, 1.82) is 0 Å². The number of benzene rings is 1. The number of carbonyl (C=O) groups is 1. The molecule has 0 saturated heterocycles. The zero-order valence-corrected chi connectivity index (χ0v) is 13.0. The molecule has 0 aliphatic heterocycles. The third kappa shape index (κ3) is 2.60. The summed E-state index contributed by atoms with van der Waals surface area (Å²) in [6.07, 6.45) is 0. The van der Waals surface area contributed by atoms with Crippen LogP contribution in [-0.4, -0.2) is 19.7 Å². The van der Waals surface area contributed by atoms with E-state index in [-0.39, 0.29) is 0 Å². The highest BCUT2D eigenvalue weighted by Gasteiger charge is 2.22. The summed E-state index contributed by atoms with van der Waals surface area (Å²) in [5, 5.41) is 0.669. The van der Waals surface area contributed by atoms with Gasteiger partial charge in [-0.15, -0.1) is 0 Å².